The van der Waals surface area contributed by atoms with Crippen molar-refractivity contribution in [2.75, 3.05) is 0 Å². The second kappa shape index (κ2) is 4.11. The third kappa shape index (κ3) is 1.85. The molecule has 0 unspecified atom stereocenters. The number of nitrogens with zero attached hydrogens (tertiary/aromatic N) is 3. The van der Waals surface area contributed by atoms with Gasteiger partial charge in [0.05, 0.1) is 11.7 Å². The summed E-state index contributed by atoms with van der Waals surface area (Å²) in [5.41, 5.74) is 2.88. The third-order valence-electron chi connectivity index (χ3n) is 2.57. The van der Waals surface area contributed by atoms with Gasteiger partial charge in [0.1, 0.15) is 0 Å². The normalized spacial score (nSPS) is 10.6. The molecule has 4 heteroatoms. The van der Waals surface area contributed by atoms with Crippen LogP contribution in [-0.2, 0) is 0 Å². The first-order chi connectivity index (χ1) is 8.34. The van der Waals surface area contributed by atoms with Crippen LogP contribution in [0.2, 0.25) is 5.15 Å². The Morgan fingerprint density at radius 3 is 2.82 bits per heavy atom. The number of pyridine rings is 1. The van der Waals surface area contributed by atoms with Gasteiger partial charge < -0.3 is 0 Å². The number of hydrogen-bond acceptors (Lipinski definition) is 3. The topological polar surface area (TPSA) is 38.7 Å². The number of rotatable bonds is 1. The van der Waals surface area contributed by atoms with E-state index in [-0.39, 0.29) is 0 Å². The summed E-state index contributed by atoms with van der Waals surface area (Å²) in [7, 11) is 0. The van der Waals surface area contributed by atoms with Gasteiger partial charge in [0.2, 0.25) is 0 Å². The molecule has 0 fully saturated rings. The summed E-state index contributed by atoms with van der Waals surface area (Å²) >= 11 is 5.85. The van der Waals surface area contributed by atoms with E-state index in [1.54, 1.807) is 18.5 Å². The van der Waals surface area contributed by atoms with E-state index in [2.05, 4.69) is 15.2 Å². The van der Waals surface area contributed by atoms with Gasteiger partial charge in [0, 0.05) is 22.7 Å². The van der Waals surface area contributed by atoms with Crippen LogP contribution in [0.15, 0.2) is 48.8 Å². The first-order valence-electron chi connectivity index (χ1n) is 5.17. The molecule has 0 aliphatic heterocycles. The highest BCUT2D eigenvalue weighted by atomic mass is 35.5. The van der Waals surface area contributed by atoms with Crippen molar-refractivity contribution in [2.45, 2.75) is 0 Å². The molecule has 3 aromatic rings. The lowest BCUT2D eigenvalue weighted by Crippen LogP contribution is -1.87. The fraction of sp³-hybridized carbons (Fsp3) is 0. The first kappa shape index (κ1) is 10.2. The van der Waals surface area contributed by atoms with E-state index in [0.29, 0.717) is 5.15 Å². The molecule has 3 nitrogen and oxygen atoms in total. The quantitative estimate of drug-likeness (QED) is 0.656. The Morgan fingerprint density at radius 2 is 1.94 bits per heavy atom. The fourth-order valence-corrected chi connectivity index (χ4v) is 1.99. The molecule has 2 aromatic heterocycles. The van der Waals surface area contributed by atoms with Crippen molar-refractivity contribution in [1.82, 2.24) is 15.2 Å². The zero-order valence-electron chi connectivity index (χ0n) is 8.84. The van der Waals surface area contributed by atoms with Crippen molar-refractivity contribution in [3.63, 3.8) is 0 Å². The van der Waals surface area contributed by atoms with Crippen LogP contribution < -0.4 is 0 Å². The predicted octanol–water partition coefficient (Wildman–Crippen LogP) is 3.35. The third-order valence-corrected chi connectivity index (χ3v) is 2.75. The minimum absolute atomic E-state index is 0.385. The van der Waals surface area contributed by atoms with Crippen molar-refractivity contribution in [2.24, 2.45) is 0 Å². The Morgan fingerprint density at radius 1 is 1.06 bits per heavy atom. The van der Waals surface area contributed by atoms with E-state index in [9.17, 15) is 0 Å². The van der Waals surface area contributed by atoms with Crippen LogP contribution in [0.1, 0.15) is 0 Å². The maximum absolute atomic E-state index is 5.85. The molecule has 0 amide bonds. The molecule has 0 aliphatic rings. The van der Waals surface area contributed by atoms with Crippen LogP contribution in [0.5, 0.6) is 0 Å². The highest BCUT2D eigenvalue weighted by Crippen LogP contribution is 2.27. The molecular weight excluding hydrogens is 234 g/mol. The smallest absolute Gasteiger partial charge is 0.152 e. The maximum Gasteiger partial charge on any atom is 0.152 e. The van der Waals surface area contributed by atoms with Gasteiger partial charge in [-0.1, -0.05) is 35.9 Å². The highest BCUT2D eigenvalue weighted by Gasteiger charge is 2.05. The Labute approximate surface area is 103 Å². The monoisotopic (exact) mass is 241 g/mol. The van der Waals surface area contributed by atoms with Crippen molar-refractivity contribution in [1.29, 1.82) is 0 Å². The Balaban J connectivity index is 2.30. The lowest BCUT2D eigenvalue weighted by atomic mass is 10.0. The van der Waals surface area contributed by atoms with E-state index in [0.717, 1.165) is 22.0 Å². The van der Waals surface area contributed by atoms with Crippen LogP contribution in [0, 0.1) is 0 Å². The second-order valence-electron chi connectivity index (χ2n) is 3.65. The van der Waals surface area contributed by atoms with Crippen LogP contribution in [0.3, 0.4) is 0 Å². The SMILES string of the molecule is Clc1cc(-c2cccc3cccnc23)cnn1. The molecule has 0 saturated carbocycles. The summed E-state index contributed by atoms with van der Waals surface area (Å²) in [5, 5.41) is 9.08. The maximum atomic E-state index is 5.85. The number of fused-ring (bicyclic) bond motifs is 1. The van der Waals surface area contributed by atoms with E-state index < -0.39 is 0 Å². The standard InChI is InChI=1S/C13H8ClN3/c14-12-7-10(8-16-17-12)11-5-1-3-9-4-2-6-15-13(9)11/h1-8H. The first-order valence-corrected chi connectivity index (χ1v) is 5.55. The van der Waals surface area contributed by atoms with Crippen molar-refractivity contribution in [3.05, 3.63) is 53.9 Å². The molecule has 3 rings (SSSR count). The zero-order chi connectivity index (χ0) is 11.7. The van der Waals surface area contributed by atoms with Gasteiger partial charge in [0.25, 0.3) is 0 Å². The lowest BCUT2D eigenvalue weighted by molar-refractivity contribution is 1.03. The van der Waals surface area contributed by atoms with E-state index in [1.165, 1.54) is 0 Å². The number of para-hydroxylation sites is 1. The number of aromatic nitrogens is 3. The Bertz CT molecular complexity index is 677. The predicted molar refractivity (Wildman–Crippen MR) is 67.8 cm³/mol. The molecule has 0 radical (unpaired) electrons. The van der Waals surface area contributed by atoms with Gasteiger partial charge >= 0.3 is 0 Å². The summed E-state index contributed by atoms with van der Waals surface area (Å²) in [6, 6.07) is 11.8. The molecule has 0 aliphatic carbocycles. The summed E-state index contributed by atoms with van der Waals surface area (Å²) in [5.74, 6) is 0. The van der Waals surface area contributed by atoms with Gasteiger partial charge in [-0.25, -0.2) is 0 Å². The van der Waals surface area contributed by atoms with Gasteiger partial charge in [-0.2, -0.15) is 5.10 Å². The molecule has 0 saturated heterocycles. The molecule has 2 heterocycles. The van der Waals surface area contributed by atoms with Gasteiger partial charge in [-0.05, 0) is 12.1 Å². The molecule has 0 spiro atoms. The Hall–Kier alpha value is -2.00. The molecule has 0 atom stereocenters. The molecule has 0 bridgehead atoms. The average Bonchev–Trinajstić information content (AvgIpc) is 2.38. The minimum atomic E-state index is 0.385. The van der Waals surface area contributed by atoms with E-state index in [4.69, 9.17) is 11.6 Å². The van der Waals surface area contributed by atoms with Gasteiger partial charge in [0.15, 0.2) is 5.15 Å². The van der Waals surface area contributed by atoms with Crippen LogP contribution >= 0.6 is 11.6 Å². The molecular formula is C13H8ClN3. The average molecular weight is 242 g/mol. The molecule has 0 N–H and O–H groups in total. The summed E-state index contributed by atoms with van der Waals surface area (Å²) < 4.78 is 0. The lowest BCUT2D eigenvalue weighted by Gasteiger charge is -2.04. The Kier molecular flexibility index (Phi) is 2.46. The van der Waals surface area contributed by atoms with E-state index in [1.807, 2.05) is 30.3 Å². The van der Waals surface area contributed by atoms with Crippen molar-refractivity contribution < 1.29 is 0 Å². The molecule has 1 aromatic carbocycles. The largest absolute Gasteiger partial charge is 0.256 e. The minimum Gasteiger partial charge on any atom is -0.256 e. The van der Waals surface area contributed by atoms with Crippen molar-refractivity contribution in [3.8, 4) is 11.1 Å². The van der Waals surface area contributed by atoms with Crippen LogP contribution in [0.25, 0.3) is 22.0 Å². The number of hydrogen-bond donors (Lipinski definition) is 0. The number of benzene rings is 1. The fourth-order valence-electron chi connectivity index (χ4n) is 1.83. The zero-order valence-corrected chi connectivity index (χ0v) is 9.59. The van der Waals surface area contributed by atoms with Crippen molar-refractivity contribution >= 4 is 22.5 Å². The van der Waals surface area contributed by atoms with Gasteiger partial charge in [-0.15, -0.1) is 5.10 Å². The van der Waals surface area contributed by atoms with Crippen LogP contribution in [-0.4, -0.2) is 15.2 Å². The highest BCUT2D eigenvalue weighted by molar-refractivity contribution is 6.29. The summed E-state index contributed by atoms with van der Waals surface area (Å²) in [6.07, 6.45) is 3.47. The number of halogens is 1. The summed E-state index contributed by atoms with van der Waals surface area (Å²) in [6.45, 7) is 0. The van der Waals surface area contributed by atoms with E-state index >= 15 is 0 Å². The van der Waals surface area contributed by atoms with Crippen LogP contribution in [0.4, 0.5) is 0 Å². The summed E-state index contributed by atoms with van der Waals surface area (Å²) in [4.78, 5) is 4.40. The van der Waals surface area contributed by atoms with Gasteiger partial charge in [-0.3, -0.25) is 4.98 Å². The second-order valence-corrected chi connectivity index (χ2v) is 4.03. The molecule has 17 heavy (non-hydrogen) atoms. The molecule has 82 valence electrons.